The predicted octanol–water partition coefficient (Wildman–Crippen LogP) is 3.61. The molecule has 0 unspecified atom stereocenters. The summed E-state index contributed by atoms with van der Waals surface area (Å²) in [4.78, 5) is 24.1. The van der Waals surface area contributed by atoms with Crippen molar-refractivity contribution < 1.29 is 14.0 Å². The molecule has 0 fully saturated rings. The number of carbonyl (C=O) groups excluding carboxylic acids is 2. The van der Waals surface area contributed by atoms with Crippen molar-refractivity contribution in [2.24, 2.45) is 5.10 Å². The third kappa shape index (κ3) is 5.15. The van der Waals surface area contributed by atoms with Crippen molar-refractivity contribution in [3.05, 3.63) is 89.9 Å². The van der Waals surface area contributed by atoms with Crippen molar-refractivity contribution in [2.75, 3.05) is 5.32 Å². The number of nitrogens with zero attached hydrogens (tertiary/aromatic N) is 1. The molecule has 0 saturated heterocycles. The Bertz CT molecular complexity index is 948. The lowest BCUT2D eigenvalue weighted by atomic mass is 10.1. The first-order valence-corrected chi connectivity index (χ1v) is 8.44. The minimum atomic E-state index is -0.331. The van der Waals surface area contributed by atoms with E-state index in [1.807, 2.05) is 36.4 Å². The summed E-state index contributed by atoms with van der Waals surface area (Å²) >= 11 is 0. The van der Waals surface area contributed by atoms with E-state index in [0.29, 0.717) is 11.4 Å². The van der Waals surface area contributed by atoms with Gasteiger partial charge in [-0.2, -0.15) is 5.10 Å². The van der Waals surface area contributed by atoms with Gasteiger partial charge in [0.2, 0.25) is 5.91 Å². The lowest BCUT2D eigenvalue weighted by molar-refractivity contribution is -0.120. The van der Waals surface area contributed by atoms with Crippen molar-refractivity contribution in [2.45, 2.75) is 13.3 Å². The molecule has 0 aliphatic heterocycles. The fraction of sp³-hybridized carbons (Fsp3) is 0.0952. The lowest BCUT2D eigenvalue weighted by Gasteiger charge is -2.07. The van der Waals surface area contributed by atoms with Gasteiger partial charge in [0.15, 0.2) is 5.76 Å². The second kappa shape index (κ2) is 8.62. The molecule has 0 spiro atoms. The fourth-order valence-corrected chi connectivity index (χ4v) is 2.45. The molecular weight excluding hydrogens is 342 g/mol. The third-order valence-corrected chi connectivity index (χ3v) is 3.84. The van der Waals surface area contributed by atoms with Crippen LogP contribution in [0.1, 0.15) is 28.6 Å². The zero-order chi connectivity index (χ0) is 19.1. The lowest BCUT2D eigenvalue weighted by Crippen LogP contribution is -2.21. The van der Waals surface area contributed by atoms with Crippen molar-refractivity contribution in [1.82, 2.24) is 5.43 Å². The van der Waals surface area contributed by atoms with E-state index in [0.717, 1.165) is 11.1 Å². The van der Waals surface area contributed by atoms with Crippen LogP contribution in [0.15, 0.2) is 82.5 Å². The number of benzene rings is 2. The van der Waals surface area contributed by atoms with Crippen LogP contribution >= 0.6 is 0 Å². The largest absolute Gasteiger partial charge is 0.459 e. The molecule has 0 atom stereocenters. The van der Waals surface area contributed by atoms with Gasteiger partial charge >= 0.3 is 0 Å². The van der Waals surface area contributed by atoms with Gasteiger partial charge in [-0.05, 0) is 42.3 Å². The molecule has 3 rings (SSSR count). The Morgan fingerprint density at radius 2 is 1.81 bits per heavy atom. The van der Waals surface area contributed by atoms with Crippen molar-refractivity contribution in [3.8, 4) is 0 Å². The highest BCUT2D eigenvalue weighted by Gasteiger charge is 2.09. The topological polar surface area (TPSA) is 83.7 Å². The van der Waals surface area contributed by atoms with Gasteiger partial charge in [0, 0.05) is 5.69 Å². The molecule has 6 heteroatoms. The fourth-order valence-electron chi connectivity index (χ4n) is 2.45. The highest BCUT2D eigenvalue weighted by Crippen LogP contribution is 2.13. The zero-order valence-corrected chi connectivity index (χ0v) is 14.8. The normalized spacial score (nSPS) is 11.1. The van der Waals surface area contributed by atoms with E-state index in [4.69, 9.17) is 4.42 Å². The molecule has 1 aromatic heterocycles. The zero-order valence-electron chi connectivity index (χ0n) is 14.8. The van der Waals surface area contributed by atoms with Gasteiger partial charge in [0.25, 0.3) is 5.91 Å². The number of rotatable bonds is 6. The molecule has 1 heterocycles. The van der Waals surface area contributed by atoms with Crippen LogP contribution in [-0.4, -0.2) is 17.5 Å². The average Bonchev–Trinajstić information content (AvgIpc) is 3.22. The summed E-state index contributed by atoms with van der Waals surface area (Å²) in [5, 5.41) is 6.91. The molecule has 2 N–H and O–H groups in total. The molecule has 6 nitrogen and oxygen atoms in total. The van der Waals surface area contributed by atoms with E-state index < -0.39 is 0 Å². The molecule has 0 radical (unpaired) electrons. The highest BCUT2D eigenvalue weighted by molar-refractivity contribution is 6.04. The van der Waals surface area contributed by atoms with Gasteiger partial charge < -0.3 is 9.73 Å². The number of anilines is 1. The van der Waals surface area contributed by atoms with Gasteiger partial charge in [0.05, 0.1) is 18.4 Å². The maximum absolute atomic E-state index is 12.1. The summed E-state index contributed by atoms with van der Waals surface area (Å²) in [6, 6.07) is 19.9. The van der Waals surface area contributed by atoms with Crippen molar-refractivity contribution in [3.63, 3.8) is 0 Å². The molecular formula is C21H19N3O3. The van der Waals surface area contributed by atoms with Gasteiger partial charge in [-0.3, -0.25) is 9.59 Å². The first-order valence-electron chi connectivity index (χ1n) is 8.44. The van der Waals surface area contributed by atoms with Crippen LogP contribution in [0.3, 0.4) is 0 Å². The number of nitrogens with one attached hydrogen (secondary N) is 2. The maximum atomic E-state index is 12.1. The van der Waals surface area contributed by atoms with Crippen LogP contribution in [-0.2, 0) is 11.2 Å². The van der Waals surface area contributed by atoms with E-state index in [1.54, 1.807) is 37.3 Å². The van der Waals surface area contributed by atoms with Gasteiger partial charge in [-0.1, -0.05) is 42.5 Å². The third-order valence-electron chi connectivity index (χ3n) is 3.84. The van der Waals surface area contributed by atoms with Gasteiger partial charge in [0.1, 0.15) is 0 Å². The van der Waals surface area contributed by atoms with Crippen LogP contribution in [0, 0.1) is 0 Å². The first kappa shape index (κ1) is 18.1. The summed E-state index contributed by atoms with van der Waals surface area (Å²) in [6.07, 6.45) is 1.71. The molecule has 0 aliphatic carbocycles. The van der Waals surface area contributed by atoms with E-state index >= 15 is 0 Å². The number of furan rings is 1. The smallest absolute Gasteiger partial charge is 0.291 e. The van der Waals surface area contributed by atoms with E-state index in [1.165, 1.54) is 6.26 Å². The number of hydrazone groups is 1. The highest BCUT2D eigenvalue weighted by atomic mass is 16.3. The molecule has 136 valence electrons. The SMILES string of the molecule is C/C(=N\NC(=O)Cc1ccccc1)c1cccc(NC(=O)c2ccco2)c1. The Labute approximate surface area is 156 Å². The minimum absolute atomic E-state index is 0.192. The van der Waals surface area contributed by atoms with Crippen molar-refractivity contribution >= 4 is 23.2 Å². The molecule has 27 heavy (non-hydrogen) atoms. The quantitative estimate of drug-likeness (QED) is 0.520. The summed E-state index contributed by atoms with van der Waals surface area (Å²) in [5.74, 6) is -0.287. The summed E-state index contributed by atoms with van der Waals surface area (Å²) in [6.45, 7) is 1.79. The van der Waals surface area contributed by atoms with Gasteiger partial charge in [-0.15, -0.1) is 0 Å². The van der Waals surface area contributed by atoms with Gasteiger partial charge in [-0.25, -0.2) is 5.43 Å². The Balaban J connectivity index is 1.62. The number of amides is 2. The predicted molar refractivity (Wildman–Crippen MR) is 104 cm³/mol. The minimum Gasteiger partial charge on any atom is -0.459 e. The van der Waals surface area contributed by atoms with E-state index in [2.05, 4.69) is 15.8 Å². The number of hydrogen-bond donors (Lipinski definition) is 2. The van der Waals surface area contributed by atoms with Crippen LogP contribution in [0.4, 0.5) is 5.69 Å². The van der Waals surface area contributed by atoms with Crippen LogP contribution < -0.4 is 10.7 Å². The second-order valence-corrected chi connectivity index (χ2v) is 5.91. The molecule has 2 amide bonds. The molecule has 2 aromatic carbocycles. The monoisotopic (exact) mass is 361 g/mol. The molecule has 0 bridgehead atoms. The molecule has 0 saturated carbocycles. The molecule has 0 aliphatic rings. The van der Waals surface area contributed by atoms with Crippen LogP contribution in [0.25, 0.3) is 0 Å². The Morgan fingerprint density at radius 1 is 1.00 bits per heavy atom. The standard InChI is InChI=1S/C21H19N3O3/c1-15(23-24-20(25)13-16-7-3-2-4-8-16)17-9-5-10-18(14-17)22-21(26)19-11-6-12-27-19/h2-12,14H,13H2,1H3,(H,22,26)(H,24,25)/b23-15+. The average molecular weight is 361 g/mol. The number of hydrogen-bond acceptors (Lipinski definition) is 4. The first-order chi connectivity index (χ1) is 13.1. The Kier molecular flexibility index (Phi) is 5.79. The Hall–Kier alpha value is -3.67. The van der Waals surface area contributed by atoms with Crippen molar-refractivity contribution in [1.29, 1.82) is 0 Å². The van der Waals surface area contributed by atoms with E-state index in [9.17, 15) is 9.59 Å². The summed E-state index contributed by atoms with van der Waals surface area (Å²) < 4.78 is 5.08. The van der Waals surface area contributed by atoms with Crippen LogP contribution in [0.2, 0.25) is 0 Å². The van der Waals surface area contributed by atoms with Crippen LogP contribution in [0.5, 0.6) is 0 Å². The van der Waals surface area contributed by atoms with E-state index in [-0.39, 0.29) is 24.0 Å². The number of carbonyl (C=O) groups is 2. The Morgan fingerprint density at radius 3 is 2.56 bits per heavy atom. The maximum Gasteiger partial charge on any atom is 0.291 e. The second-order valence-electron chi connectivity index (χ2n) is 5.91. The summed E-state index contributed by atoms with van der Waals surface area (Å²) in [7, 11) is 0. The summed E-state index contributed by atoms with van der Waals surface area (Å²) in [5.41, 5.74) is 5.51. The molecule has 3 aromatic rings.